The van der Waals surface area contributed by atoms with E-state index in [1.807, 2.05) is 0 Å². The molecule has 2 atom stereocenters. The molecule has 0 unspecified atom stereocenters. The third kappa shape index (κ3) is 4.87. The standard InChI is InChI=1S/C24H22N2O8/c1-31-20(10-11-22(28)26-30)23(17-7-8-18(27)16-5-3-2-4-15(16)17)34-24(29)25-14-6-9-19-21(12-14)33-13-32-19/h2-12,20,23,27,30H,13H2,1H3,(H,25,29)(H,26,28)/b11-10+/t20-,23-/m0/s1. The van der Waals surface area contributed by atoms with Gasteiger partial charge in [-0.1, -0.05) is 30.3 Å². The summed E-state index contributed by atoms with van der Waals surface area (Å²) in [6, 6.07) is 15.1. The summed E-state index contributed by atoms with van der Waals surface area (Å²) in [5.74, 6) is 0.346. The molecule has 10 nitrogen and oxygen atoms in total. The predicted octanol–water partition coefficient (Wildman–Crippen LogP) is 3.64. The number of phenolic OH excluding ortho intramolecular Hbond substituents is 1. The summed E-state index contributed by atoms with van der Waals surface area (Å²) in [5, 5.41) is 22.9. The number of phenols is 1. The molecule has 0 aromatic heterocycles. The molecule has 0 saturated carbocycles. The Morgan fingerprint density at radius 2 is 1.82 bits per heavy atom. The number of amides is 2. The Labute approximate surface area is 194 Å². The van der Waals surface area contributed by atoms with Crippen molar-refractivity contribution in [3.05, 3.63) is 72.3 Å². The SMILES string of the molecule is CO[C@@H](/C=C/C(=O)NO)[C@@H](OC(=O)Nc1ccc2c(c1)OCO2)c1ccc(O)c2ccccc12. The first kappa shape index (κ1) is 22.9. The van der Waals surface area contributed by atoms with E-state index in [1.165, 1.54) is 24.7 Å². The van der Waals surface area contributed by atoms with Gasteiger partial charge in [-0.3, -0.25) is 15.3 Å². The van der Waals surface area contributed by atoms with Gasteiger partial charge >= 0.3 is 6.09 Å². The van der Waals surface area contributed by atoms with E-state index >= 15 is 0 Å². The second kappa shape index (κ2) is 10.1. The van der Waals surface area contributed by atoms with Gasteiger partial charge < -0.3 is 24.1 Å². The van der Waals surface area contributed by atoms with E-state index < -0.39 is 24.2 Å². The maximum absolute atomic E-state index is 12.9. The Hall–Kier alpha value is -4.28. The molecule has 0 fully saturated rings. The molecule has 1 heterocycles. The highest BCUT2D eigenvalue weighted by Crippen LogP contribution is 2.36. The van der Waals surface area contributed by atoms with E-state index in [2.05, 4.69) is 5.32 Å². The Morgan fingerprint density at radius 3 is 2.59 bits per heavy atom. The topological polar surface area (TPSA) is 136 Å². The molecular formula is C24H22N2O8. The molecule has 1 aliphatic heterocycles. The second-order valence-corrected chi connectivity index (χ2v) is 7.27. The third-order valence-corrected chi connectivity index (χ3v) is 5.21. The molecule has 0 spiro atoms. The first-order valence-corrected chi connectivity index (χ1v) is 10.2. The fraction of sp³-hybridized carbons (Fsp3) is 0.167. The zero-order valence-corrected chi connectivity index (χ0v) is 18.1. The number of aromatic hydroxyl groups is 1. The Kier molecular flexibility index (Phi) is 6.81. The number of fused-ring (bicyclic) bond motifs is 2. The van der Waals surface area contributed by atoms with Gasteiger partial charge in [-0.15, -0.1) is 0 Å². The smallest absolute Gasteiger partial charge is 0.412 e. The summed E-state index contributed by atoms with van der Waals surface area (Å²) in [7, 11) is 1.39. The van der Waals surface area contributed by atoms with Crippen molar-refractivity contribution in [3.63, 3.8) is 0 Å². The molecule has 0 aliphatic carbocycles. The number of ether oxygens (including phenoxy) is 4. The number of hydrogen-bond donors (Lipinski definition) is 4. The van der Waals surface area contributed by atoms with Crippen molar-refractivity contribution in [2.45, 2.75) is 12.2 Å². The van der Waals surface area contributed by atoms with Crippen molar-refractivity contribution in [3.8, 4) is 17.2 Å². The van der Waals surface area contributed by atoms with Crippen molar-refractivity contribution in [2.75, 3.05) is 19.2 Å². The fourth-order valence-corrected chi connectivity index (χ4v) is 3.62. The minimum atomic E-state index is -1.02. The van der Waals surface area contributed by atoms with Crippen LogP contribution in [0.15, 0.2) is 66.7 Å². The number of methoxy groups -OCH3 is 1. The van der Waals surface area contributed by atoms with Gasteiger partial charge in [0.25, 0.3) is 5.91 Å². The highest BCUT2D eigenvalue weighted by Gasteiger charge is 2.28. The van der Waals surface area contributed by atoms with Gasteiger partial charge in [-0.2, -0.15) is 0 Å². The lowest BCUT2D eigenvalue weighted by Gasteiger charge is -2.25. The van der Waals surface area contributed by atoms with Crippen LogP contribution in [0.5, 0.6) is 17.2 Å². The number of anilines is 1. The second-order valence-electron chi connectivity index (χ2n) is 7.27. The fourth-order valence-electron chi connectivity index (χ4n) is 3.62. The molecule has 4 N–H and O–H groups in total. The number of benzene rings is 3. The van der Waals surface area contributed by atoms with Gasteiger partial charge in [0.15, 0.2) is 17.6 Å². The van der Waals surface area contributed by atoms with E-state index in [0.717, 1.165) is 6.08 Å². The van der Waals surface area contributed by atoms with Gasteiger partial charge in [0.1, 0.15) is 11.9 Å². The maximum Gasteiger partial charge on any atom is 0.412 e. The average Bonchev–Trinajstić information content (AvgIpc) is 3.32. The molecule has 0 bridgehead atoms. The van der Waals surface area contributed by atoms with E-state index in [-0.39, 0.29) is 12.5 Å². The highest BCUT2D eigenvalue weighted by atomic mass is 16.7. The molecule has 3 aromatic carbocycles. The first-order chi connectivity index (χ1) is 16.5. The molecule has 1 aliphatic rings. The average molecular weight is 466 g/mol. The molecule has 10 heteroatoms. The first-order valence-electron chi connectivity index (χ1n) is 10.2. The van der Waals surface area contributed by atoms with Crippen LogP contribution in [0.3, 0.4) is 0 Å². The lowest BCUT2D eigenvalue weighted by atomic mass is 9.96. The Balaban J connectivity index is 1.66. The largest absolute Gasteiger partial charge is 0.507 e. The summed E-state index contributed by atoms with van der Waals surface area (Å²) < 4.78 is 21.8. The number of carbonyl (C=O) groups excluding carboxylic acids is 2. The third-order valence-electron chi connectivity index (χ3n) is 5.21. The molecular weight excluding hydrogens is 444 g/mol. The molecule has 0 saturated heterocycles. The van der Waals surface area contributed by atoms with Gasteiger partial charge in [-0.05, 0) is 29.7 Å². The number of carbonyl (C=O) groups is 2. The summed E-state index contributed by atoms with van der Waals surface area (Å²) in [6.45, 7) is 0.0997. The number of hydrogen-bond acceptors (Lipinski definition) is 8. The van der Waals surface area contributed by atoms with Gasteiger partial charge in [0.05, 0.1) is 0 Å². The van der Waals surface area contributed by atoms with Crippen LogP contribution < -0.4 is 20.3 Å². The zero-order chi connectivity index (χ0) is 24.1. The maximum atomic E-state index is 12.9. The Morgan fingerprint density at radius 1 is 1.06 bits per heavy atom. The normalized spacial score (nSPS) is 14.1. The van der Waals surface area contributed by atoms with Gasteiger partial charge in [-0.25, -0.2) is 10.3 Å². The predicted molar refractivity (Wildman–Crippen MR) is 121 cm³/mol. The van der Waals surface area contributed by atoms with Crippen LogP contribution in [-0.2, 0) is 14.3 Å². The summed E-state index contributed by atoms with van der Waals surface area (Å²) in [6.07, 6.45) is -0.308. The minimum absolute atomic E-state index is 0.0621. The summed E-state index contributed by atoms with van der Waals surface area (Å²) >= 11 is 0. The van der Waals surface area contributed by atoms with Crippen LogP contribution in [0.2, 0.25) is 0 Å². The number of nitrogens with one attached hydrogen (secondary N) is 2. The van der Waals surface area contributed by atoms with Crippen LogP contribution in [0.1, 0.15) is 11.7 Å². The Bertz CT molecular complexity index is 1240. The molecule has 3 aromatic rings. The molecule has 0 radical (unpaired) electrons. The minimum Gasteiger partial charge on any atom is -0.507 e. The molecule has 176 valence electrons. The van der Waals surface area contributed by atoms with Crippen LogP contribution in [0, 0.1) is 0 Å². The monoisotopic (exact) mass is 466 g/mol. The van der Waals surface area contributed by atoms with Crippen LogP contribution in [-0.4, -0.2) is 42.3 Å². The molecule has 2 amide bonds. The van der Waals surface area contributed by atoms with E-state index in [0.29, 0.717) is 33.5 Å². The highest BCUT2D eigenvalue weighted by molar-refractivity contribution is 5.92. The number of rotatable bonds is 7. The zero-order valence-electron chi connectivity index (χ0n) is 18.1. The quantitative estimate of drug-likeness (QED) is 0.235. The van der Waals surface area contributed by atoms with Crippen molar-refractivity contribution >= 4 is 28.5 Å². The van der Waals surface area contributed by atoms with Gasteiger partial charge in [0.2, 0.25) is 6.79 Å². The molecule has 4 rings (SSSR count). The lowest BCUT2D eigenvalue weighted by molar-refractivity contribution is -0.124. The van der Waals surface area contributed by atoms with Crippen LogP contribution >= 0.6 is 0 Å². The number of hydroxylamine groups is 1. The summed E-state index contributed by atoms with van der Waals surface area (Å²) in [4.78, 5) is 24.4. The molecule has 34 heavy (non-hydrogen) atoms. The van der Waals surface area contributed by atoms with E-state index in [4.69, 9.17) is 24.2 Å². The van der Waals surface area contributed by atoms with Crippen molar-refractivity contribution in [2.24, 2.45) is 0 Å². The van der Waals surface area contributed by atoms with Crippen molar-refractivity contribution in [1.82, 2.24) is 5.48 Å². The van der Waals surface area contributed by atoms with E-state index in [9.17, 15) is 14.7 Å². The summed E-state index contributed by atoms with van der Waals surface area (Å²) in [5.41, 5.74) is 2.46. The van der Waals surface area contributed by atoms with E-state index in [1.54, 1.807) is 48.5 Å². The van der Waals surface area contributed by atoms with Crippen LogP contribution in [0.25, 0.3) is 10.8 Å². The lowest BCUT2D eigenvalue weighted by Crippen LogP contribution is -2.27. The van der Waals surface area contributed by atoms with Gasteiger partial charge in [0, 0.05) is 35.9 Å². The van der Waals surface area contributed by atoms with Crippen molar-refractivity contribution in [1.29, 1.82) is 0 Å². The van der Waals surface area contributed by atoms with Crippen molar-refractivity contribution < 1.29 is 38.9 Å². The van der Waals surface area contributed by atoms with Crippen LogP contribution in [0.4, 0.5) is 10.5 Å².